The van der Waals surface area contributed by atoms with Gasteiger partial charge in [-0.25, -0.2) is 9.59 Å². The highest BCUT2D eigenvalue weighted by Gasteiger charge is 2.27. The van der Waals surface area contributed by atoms with Crippen LogP contribution in [0.3, 0.4) is 0 Å². The minimum Gasteiger partial charge on any atom is -0.444 e. The first-order valence-electron chi connectivity index (χ1n) is 7.85. The summed E-state index contributed by atoms with van der Waals surface area (Å²) in [6, 6.07) is 0.151. The lowest BCUT2D eigenvalue weighted by molar-refractivity contribution is 0.0188. The molecule has 0 spiro atoms. The molecule has 1 aliphatic heterocycles. The molecule has 0 radical (unpaired) electrons. The van der Waals surface area contributed by atoms with Gasteiger partial charge in [-0.05, 0) is 33.6 Å². The summed E-state index contributed by atoms with van der Waals surface area (Å²) in [6.07, 6.45) is 1.74. The molecule has 0 saturated carbocycles. The SMILES string of the molecule is CN(C)C(=O)NCCNC1CCCN(C(=O)OC(C)(C)C)C1. The smallest absolute Gasteiger partial charge is 0.410 e. The van der Waals surface area contributed by atoms with Crippen LogP contribution in [0.5, 0.6) is 0 Å². The predicted molar refractivity (Wildman–Crippen MR) is 85.9 cm³/mol. The first kappa shape index (κ1) is 18.5. The maximum absolute atomic E-state index is 12.1. The van der Waals surface area contributed by atoms with Crippen molar-refractivity contribution in [1.29, 1.82) is 0 Å². The van der Waals surface area contributed by atoms with Gasteiger partial charge in [0.2, 0.25) is 0 Å². The standard InChI is InChI=1S/C15H30N4O3/c1-15(2,3)22-14(21)19-10-6-7-12(11-19)16-8-9-17-13(20)18(4)5/h12,16H,6-11H2,1-5H3,(H,17,20). The molecule has 1 rings (SSSR count). The first-order valence-corrected chi connectivity index (χ1v) is 7.85. The van der Waals surface area contributed by atoms with Gasteiger partial charge in [0.05, 0.1) is 0 Å². The van der Waals surface area contributed by atoms with Gasteiger partial charge in [-0.15, -0.1) is 0 Å². The summed E-state index contributed by atoms with van der Waals surface area (Å²) in [5, 5.41) is 6.19. The molecule has 7 heteroatoms. The molecule has 22 heavy (non-hydrogen) atoms. The van der Waals surface area contributed by atoms with Crippen LogP contribution in [0.2, 0.25) is 0 Å². The number of carbonyl (C=O) groups excluding carboxylic acids is 2. The van der Waals surface area contributed by atoms with E-state index in [1.165, 1.54) is 4.90 Å². The van der Waals surface area contributed by atoms with Gasteiger partial charge < -0.3 is 25.2 Å². The number of urea groups is 1. The Balaban J connectivity index is 2.29. The van der Waals surface area contributed by atoms with Gasteiger partial charge in [-0.3, -0.25) is 0 Å². The van der Waals surface area contributed by atoms with Crippen molar-refractivity contribution in [2.75, 3.05) is 40.3 Å². The number of hydrogen-bond donors (Lipinski definition) is 2. The van der Waals surface area contributed by atoms with Crippen molar-refractivity contribution in [3.8, 4) is 0 Å². The lowest BCUT2D eigenvalue weighted by atomic mass is 10.1. The largest absolute Gasteiger partial charge is 0.444 e. The Labute approximate surface area is 133 Å². The van der Waals surface area contributed by atoms with Crippen LogP contribution in [-0.2, 0) is 4.74 Å². The summed E-state index contributed by atoms with van der Waals surface area (Å²) < 4.78 is 5.41. The number of nitrogens with zero attached hydrogens (tertiary/aromatic N) is 2. The van der Waals surface area contributed by atoms with Crippen LogP contribution in [-0.4, -0.2) is 73.8 Å². The van der Waals surface area contributed by atoms with Gasteiger partial charge in [0.1, 0.15) is 5.60 Å². The maximum atomic E-state index is 12.1. The first-order chi connectivity index (χ1) is 10.2. The minimum absolute atomic E-state index is 0.0965. The highest BCUT2D eigenvalue weighted by Crippen LogP contribution is 2.15. The number of rotatable bonds is 4. The topological polar surface area (TPSA) is 73.9 Å². The molecule has 2 N–H and O–H groups in total. The summed E-state index contributed by atoms with van der Waals surface area (Å²) in [4.78, 5) is 26.7. The van der Waals surface area contributed by atoms with Crippen LogP contribution in [0.4, 0.5) is 9.59 Å². The number of piperidine rings is 1. The van der Waals surface area contributed by atoms with Gasteiger partial charge in [-0.2, -0.15) is 0 Å². The van der Waals surface area contributed by atoms with E-state index >= 15 is 0 Å². The Morgan fingerprint density at radius 1 is 1.27 bits per heavy atom. The zero-order chi connectivity index (χ0) is 16.8. The number of likely N-dealkylation sites (tertiary alicyclic amines) is 1. The lowest BCUT2D eigenvalue weighted by Gasteiger charge is -2.34. The summed E-state index contributed by atoms with van der Waals surface area (Å²) >= 11 is 0. The summed E-state index contributed by atoms with van der Waals surface area (Å²) in [5.74, 6) is 0. The van der Waals surface area contributed by atoms with Crippen LogP contribution < -0.4 is 10.6 Å². The van der Waals surface area contributed by atoms with Crippen LogP contribution in [0.25, 0.3) is 0 Å². The van der Waals surface area contributed by atoms with Crippen molar-refractivity contribution in [1.82, 2.24) is 20.4 Å². The molecule has 1 saturated heterocycles. The van der Waals surface area contributed by atoms with Crippen molar-refractivity contribution in [3.63, 3.8) is 0 Å². The molecule has 1 unspecified atom stereocenters. The highest BCUT2D eigenvalue weighted by molar-refractivity contribution is 5.73. The Morgan fingerprint density at radius 2 is 1.95 bits per heavy atom. The van der Waals surface area contributed by atoms with Gasteiger partial charge >= 0.3 is 12.1 Å². The molecule has 128 valence electrons. The van der Waals surface area contributed by atoms with Crippen LogP contribution >= 0.6 is 0 Å². The number of nitrogens with one attached hydrogen (secondary N) is 2. The molecule has 1 atom stereocenters. The van der Waals surface area contributed by atoms with Gasteiger partial charge in [0, 0.05) is 46.3 Å². The molecule has 7 nitrogen and oxygen atoms in total. The average molecular weight is 314 g/mol. The molecule has 0 aliphatic carbocycles. The normalized spacial score (nSPS) is 18.8. The zero-order valence-electron chi connectivity index (χ0n) is 14.4. The predicted octanol–water partition coefficient (Wildman–Crippen LogP) is 1.25. The Bertz CT molecular complexity index is 379. The van der Waals surface area contributed by atoms with Crippen molar-refractivity contribution < 1.29 is 14.3 Å². The Hall–Kier alpha value is -1.50. The molecule has 3 amide bonds. The quantitative estimate of drug-likeness (QED) is 0.766. The molecule has 0 aromatic carbocycles. The second-order valence-corrected chi connectivity index (χ2v) is 6.85. The molecule has 0 aromatic heterocycles. The average Bonchev–Trinajstić information content (AvgIpc) is 2.41. The fourth-order valence-corrected chi connectivity index (χ4v) is 2.24. The van der Waals surface area contributed by atoms with Gasteiger partial charge in [0.25, 0.3) is 0 Å². The van der Waals surface area contributed by atoms with Gasteiger partial charge in [-0.1, -0.05) is 0 Å². The number of amides is 3. The van der Waals surface area contributed by atoms with E-state index in [0.717, 1.165) is 19.4 Å². The fraction of sp³-hybridized carbons (Fsp3) is 0.867. The maximum Gasteiger partial charge on any atom is 0.410 e. The Kier molecular flexibility index (Phi) is 6.93. The zero-order valence-corrected chi connectivity index (χ0v) is 14.4. The molecular weight excluding hydrogens is 284 g/mol. The van der Waals surface area contributed by atoms with E-state index in [2.05, 4.69) is 10.6 Å². The lowest BCUT2D eigenvalue weighted by Crippen LogP contribution is -2.50. The van der Waals surface area contributed by atoms with E-state index < -0.39 is 5.60 Å². The van der Waals surface area contributed by atoms with Crippen molar-refractivity contribution in [3.05, 3.63) is 0 Å². The fourth-order valence-electron chi connectivity index (χ4n) is 2.24. The number of hydrogen-bond acceptors (Lipinski definition) is 4. The molecule has 0 bridgehead atoms. The third kappa shape index (κ3) is 6.98. The molecule has 1 heterocycles. The summed E-state index contributed by atoms with van der Waals surface area (Å²) in [5.41, 5.74) is -0.464. The van der Waals surface area contributed by atoms with E-state index in [1.807, 2.05) is 20.8 Å². The summed E-state index contributed by atoms with van der Waals surface area (Å²) in [7, 11) is 3.42. The second kappa shape index (κ2) is 8.22. The number of ether oxygens (including phenoxy) is 1. The number of carbonyl (C=O) groups is 2. The molecule has 1 fully saturated rings. The van der Waals surface area contributed by atoms with E-state index in [1.54, 1.807) is 19.0 Å². The molecule has 0 aromatic rings. The highest BCUT2D eigenvalue weighted by atomic mass is 16.6. The van der Waals surface area contributed by atoms with Crippen LogP contribution in [0.1, 0.15) is 33.6 Å². The minimum atomic E-state index is -0.464. The van der Waals surface area contributed by atoms with E-state index in [0.29, 0.717) is 19.6 Å². The van der Waals surface area contributed by atoms with Crippen LogP contribution in [0, 0.1) is 0 Å². The van der Waals surface area contributed by atoms with Crippen molar-refractivity contribution in [2.45, 2.75) is 45.3 Å². The third-order valence-electron chi connectivity index (χ3n) is 3.31. The summed E-state index contributed by atoms with van der Waals surface area (Å²) in [6.45, 7) is 8.27. The van der Waals surface area contributed by atoms with Crippen LogP contribution in [0.15, 0.2) is 0 Å². The molecular formula is C15H30N4O3. The second-order valence-electron chi connectivity index (χ2n) is 6.85. The van der Waals surface area contributed by atoms with E-state index in [4.69, 9.17) is 4.74 Å². The van der Waals surface area contributed by atoms with Gasteiger partial charge in [0.15, 0.2) is 0 Å². The monoisotopic (exact) mass is 314 g/mol. The van der Waals surface area contributed by atoms with E-state index in [-0.39, 0.29) is 18.2 Å². The van der Waals surface area contributed by atoms with Crippen molar-refractivity contribution >= 4 is 12.1 Å². The third-order valence-corrected chi connectivity index (χ3v) is 3.31. The molecule has 1 aliphatic rings. The van der Waals surface area contributed by atoms with E-state index in [9.17, 15) is 9.59 Å². The Morgan fingerprint density at radius 3 is 2.55 bits per heavy atom. The van der Waals surface area contributed by atoms with Crippen molar-refractivity contribution in [2.24, 2.45) is 0 Å².